The van der Waals surface area contributed by atoms with Crippen molar-refractivity contribution in [3.8, 4) is 0 Å². The van der Waals surface area contributed by atoms with Gasteiger partial charge in [-0.2, -0.15) is 0 Å². The van der Waals surface area contributed by atoms with Crippen LogP contribution in [-0.2, 0) is 13.0 Å². The van der Waals surface area contributed by atoms with Crippen molar-refractivity contribution < 1.29 is 0 Å². The van der Waals surface area contributed by atoms with Crippen molar-refractivity contribution >= 4 is 11.0 Å². The molecule has 108 valence electrons. The van der Waals surface area contributed by atoms with Gasteiger partial charge >= 0.3 is 0 Å². The number of fused-ring (bicyclic) bond motifs is 1. The molecule has 0 saturated heterocycles. The molecular formula is C19H22N2. The molecule has 0 fully saturated rings. The molecule has 3 aromatic rings. The number of para-hydroxylation sites is 2. The summed E-state index contributed by atoms with van der Waals surface area (Å²) in [6.45, 7) is 5.26. The Morgan fingerprint density at radius 2 is 1.76 bits per heavy atom. The molecule has 0 saturated carbocycles. The maximum Gasteiger partial charge on any atom is 0.110 e. The third-order valence-electron chi connectivity index (χ3n) is 3.95. The first-order chi connectivity index (χ1) is 10.3. The van der Waals surface area contributed by atoms with Gasteiger partial charge in [0.05, 0.1) is 11.0 Å². The Morgan fingerprint density at radius 1 is 1.00 bits per heavy atom. The standard InChI is InChI=1S/C19H22N2/c1-3-4-9-19-20-17-7-5-6-8-18(17)21(19)14-16-12-10-15(2)11-13-16/h5-8,10-13H,3-4,9,14H2,1-2H3. The Labute approximate surface area is 126 Å². The molecular weight excluding hydrogens is 256 g/mol. The summed E-state index contributed by atoms with van der Waals surface area (Å²) in [6, 6.07) is 17.2. The van der Waals surface area contributed by atoms with Gasteiger partial charge in [-0.3, -0.25) is 0 Å². The van der Waals surface area contributed by atoms with Crippen LogP contribution >= 0.6 is 0 Å². The van der Waals surface area contributed by atoms with Crippen LogP contribution in [0.15, 0.2) is 48.5 Å². The van der Waals surface area contributed by atoms with Crippen LogP contribution in [-0.4, -0.2) is 9.55 Å². The maximum absolute atomic E-state index is 4.83. The summed E-state index contributed by atoms with van der Waals surface area (Å²) in [6.07, 6.45) is 3.45. The van der Waals surface area contributed by atoms with E-state index in [0.29, 0.717) is 0 Å². The summed E-state index contributed by atoms with van der Waals surface area (Å²) in [5.41, 5.74) is 4.99. The Kier molecular flexibility index (Phi) is 4.05. The number of imidazole rings is 1. The number of unbranched alkanes of at least 4 members (excludes halogenated alkanes) is 1. The quantitative estimate of drug-likeness (QED) is 0.659. The lowest BCUT2D eigenvalue weighted by Gasteiger charge is -2.09. The highest BCUT2D eigenvalue weighted by atomic mass is 15.1. The molecule has 3 rings (SSSR count). The Balaban J connectivity index is 1.99. The van der Waals surface area contributed by atoms with E-state index in [9.17, 15) is 0 Å². The summed E-state index contributed by atoms with van der Waals surface area (Å²) in [5.74, 6) is 1.21. The number of rotatable bonds is 5. The minimum absolute atomic E-state index is 0.903. The number of hydrogen-bond donors (Lipinski definition) is 0. The Bertz CT molecular complexity index is 723. The van der Waals surface area contributed by atoms with Crippen molar-refractivity contribution in [2.24, 2.45) is 0 Å². The lowest BCUT2D eigenvalue weighted by Crippen LogP contribution is -2.05. The molecule has 0 bridgehead atoms. The van der Waals surface area contributed by atoms with Crippen LogP contribution in [0.4, 0.5) is 0 Å². The molecule has 0 aliphatic carbocycles. The fraction of sp³-hybridized carbons (Fsp3) is 0.316. The first-order valence-electron chi connectivity index (χ1n) is 7.77. The van der Waals surface area contributed by atoms with Crippen LogP contribution in [0.2, 0.25) is 0 Å². The van der Waals surface area contributed by atoms with Crippen molar-refractivity contribution in [1.29, 1.82) is 0 Å². The Hall–Kier alpha value is -2.09. The van der Waals surface area contributed by atoms with Gasteiger partial charge in [0.25, 0.3) is 0 Å². The molecule has 2 heteroatoms. The van der Waals surface area contributed by atoms with Gasteiger partial charge in [0.15, 0.2) is 0 Å². The average molecular weight is 278 g/mol. The van der Waals surface area contributed by atoms with E-state index in [1.807, 2.05) is 0 Å². The smallest absolute Gasteiger partial charge is 0.110 e. The zero-order chi connectivity index (χ0) is 14.7. The third-order valence-corrected chi connectivity index (χ3v) is 3.95. The van der Waals surface area contributed by atoms with Gasteiger partial charge in [-0.1, -0.05) is 55.3 Å². The number of aromatic nitrogens is 2. The van der Waals surface area contributed by atoms with Gasteiger partial charge in [0.2, 0.25) is 0 Å². The molecule has 0 atom stereocenters. The second-order valence-electron chi connectivity index (χ2n) is 5.69. The van der Waals surface area contributed by atoms with Crippen molar-refractivity contribution in [1.82, 2.24) is 9.55 Å². The van der Waals surface area contributed by atoms with E-state index in [0.717, 1.165) is 18.5 Å². The minimum Gasteiger partial charge on any atom is -0.323 e. The average Bonchev–Trinajstić information content (AvgIpc) is 2.85. The summed E-state index contributed by atoms with van der Waals surface area (Å²) >= 11 is 0. The molecule has 0 amide bonds. The van der Waals surface area contributed by atoms with Crippen molar-refractivity contribution in [2.45, 2.75) is 39.7 Å². The highest BCUT2D eigenvalue weighted by Crippen LogP contribution is 2.19. The molecule has 0 N–H and O–H groups in total. The summed E-state index contributed by atoms with van der Waals surface area (Å²) < 4.78 is 2.37. The minimum atomic E-state index is 0.903. The molecule has 21 heavy (non-hydrogen) atoms. The van der Waals surface area contributed by atoms with Gasteiger partial charge in [0.1, 0.15) is 5.82 Å². The summed E-state index contributed by atoms with van der Waals surface area (Å²) in [7, 11) is 0. The largest absolute Gasteiger partial charge is 0.323 e. The lowest BCUT2D eigenvalue weighted by molar-refractivity contribution is 0.690. The van der Waals surface area contributed by atoms with Crippen LogP contribution in [0.1, 0.15) is 36.7 Å². The van der Waals surface area contributed by atoms with Crippen LogP contribution < -0.4 is 0 Å². The van der Waals surface area contributed by atoms with E-state index in [2.05, 4.69) is 66.9 Å². The number of benzene rings is 2. The van der Waals surface area contributed by atoms with Gasteiger partial charge in [-0.15, -0.1) is 0 Å². The zero-order valence-corrected chi connectivity index (χ0v) is 12.8. The van der Waals surface area contributed by atoms with Crippen molar-refractivity contribution in [2.75, 3.05) is 0 Å². The first-order valence-corrected chi connectivity index (χ1v) is 7.77. The van der Waals surface area contributed by atoms with Gasteiger partial charge in [-0.25, -0.2) is 4.98 Å². The van der Waals surface area contributed by atoms with Crippen LogP contribution in [0.5, 0.6) is 0 Å². The molecule has 2 aromatic carbocycles. The topological polar surface area (TPSA) is 17.8 Å². The SMILES string of the molecule is CCCCc1nc2ccccc2n1Cc1ccc(C)cc1. The molecule has 2 nitrogen and oxygen atoms in total. The number of aryl methyl sites for hydroxylation is 2. The van der Waals surface area contributed by atoms with E-state index in [1.165, 1.54) is 35.3 Å². The third kappa shape index (κ3) is 2.99. The first kappa shape index (κ1) is 13.9. The predicted molar refractivity (Wildman–Crippen MR) is 88.6 cm³/mol. The molecule has 0 spiro atoms. The zero-order valence-electron chi connectivity index (χ0n) is 12.8. The molecule has 0 aliphatic rings. The molecule has 0 aliphatic heterocycles. The molecule has 0 radical (unpaired) electrons. The van der Waals surface area contributed by atoms with Gasteiger partial charge < -0.3 is 4.57 Å². The number of nitrogens with zero attached hydrogens (tertiary/aromatic N) is 2. The van der Waals surface area contributed by atoms with E-state index in [4.69, 9.17) is 4.98 Å². The van der Waals surface area contributed by atoms with Crippen molar-refractivity contribution in [3.63, 3.8) is 0 Å². The van der Waals surface area contributed by atoms with Crippen molar-refractivity contribution in [3.05, 3.63) is 65.5 Å². The van der Waals surface area contributed by atoms with Crippen LogP contribution in [0, 0.1) is 6.92 Å². The summed E-state index contributed by atoms with van der Waals surface area (Å²) in [5, 5.41) is 0. The second-order valence-corrected chi connectivity index (χ2v) is 5.69. The van der Waals surface area contributed by atoms with E-state index >= 15 is 0 Å². The Morgan fingerprint density at radius 3 is 2.52 bits per heavy atom. The highest BCUT2D eigenvalue weighted by molar-refractivity contribution is 5.76. The lowest BCUT2D eigenvalue weighted by atomic mass is 10.1. The van der Waals surface area contributed by atoms with Gasteiger partial charge in [-0.05, 0) is 31.0 Å². The number of hydrogen-bond acceptors (Lipinski definition) is 1. The van der Waals surface area contributed by atoms with E-state index in [1.54, 1.807) is 0 Å². The fourth-order valence-electron chi connectivity index (χ4n) is 2.70. The van der Waals surface area contributed by atoms with Gasteiger partial charge in [0, 0.05) is 13.0 Å². The highest BCUT2D eigenvalue weighted by Gasteiger charge is 2.10. The summed E-state index contributed by atoms with van der Waals surface area (Å²) in [4.78, 5) is 4.83. The fourth-order valence-corrected chi connectivity index (χ4v) is 2.70. The normalized spacial score (nSPS) is 11.1. The predicted octanol–water partition coefficient (Wildman–Crippen LogP) is 4.74. The second kappa shape index (κ2) is 6.13. The van der Waals surface area contributed by atoms with E-state index < -0.39 is 0 Å². The maximum atomic E-state index is 4.83. The molecule has 1 heterocycles. The molecule has 0 unspecified atom stereocenters. The molecule has 1 aromatic heterocycles. The van der Waals surface area contributed by atoms with E-state index in [-0.39, 0.29) is 0 Å². The monoisotopic (exact) mass is 278 g/mol. The van der Waals surface area contributed by atoms with Crippen LogP contribution in [0.25, 0.3) is 11.0 Å². The van der Waals surface area contributed by atoms with Crippen LogP contribution in [0.3, 0.4) is 0 Å².